The SMILES string of the molecule is C=C(CC)COc1ccc(F)c(Cl)c1. The van der Waals surface area contributed by atoms with Crippen molar-refractivity contribution in [3.8, 4) is 5.75 Å². The van der Waals surface area contributed by atoms with Crippen molar-refractivity contribution in [2.24, 2.45) is 0 Å². The maximum Gasteiger partial charge on any atom is 0.142 e. The van der Waals surface area contributed by atoms with E-state index in [1.54, 1.807) is 6.07 Å². The van der Waals surface area contributed by atoms with Crippen LogP contribution in [-0.2, 0) is 0 Å². The van der Waals surface area contributed by atoms with Crippen molar-refractivity contribution in [2.45, 2.75) is 13.3 Å². The first-order valence-corrected chi connectivity index (χ1v) is 4.75. The van der Waals surface area contributed by atoms with Crippen molar-refractivity contribution in [2.75, 3.05) is 6.61 Å². The number of hydrogen-bond acceptors (Lipinski definition) is 1. The molecule has 0 bridgehead atoms. The molecule has 1 nitrogen and oxygen atoms in total. The van der Waals surface area contributed by atoms with Gasteiger partial charge in [0.05, 0.1) is 5.02 Å². The lowest BCUT2D eigenvalue weighted by atomic mass is 10.2. The van der Waals surface area contributed by atoms with Gasteiger partial charge in [0.1, 0.15) is 18.2 Å². The summed E-state index contributed by atoms with van der Waals surface area (Å²) in [6.07, 6.45) is 0.870. The van der Waals surface area contributed by atoms with Gasteiger partial charge in [0.25, 0.3) is 0 Å². The molecular weight excluding hydrogens is 203 g/mol. The Morgan fingerprint density at radius 1 is 1.57 bits per heavy atom. The highest BCUT2D eigenvalue weighted by Gasteiger charge is 2.01. The van der Waals surface area contributed by atoms with Gasteiger partial charge in [-0.3, -0.25) is 0 Å². The van der Waals surface area contributed by atoms with E-state index in [0.717, 1.165) is 12.0 Å². The highest BCUT2D eigenvalue weighted by Crippen LogP contribution is 2.21. The number of halogens is 2. The van der Waals surface area contributed by atoms with Gasteiger partial charge >= 0.3 is 0 Å². The Morgan fingerprint density at radius 3 is 2.86 bits per heavy atom. The minimum absolute atomic E-state index is 0.0737. The fourth-order valence-electron chi connectivity index (χ4n) is 0.854. The molecule has 0 unspecified atom stereocenters. The average molecular weight is 215 g/mol. The van der Waals surface area contributed by atoms with Gasteiger partial charge in [0.2, 0.25) is 0 Å². The minimum Gasteiger partial charge on any atom is -0.489 e. The summed E-state index contributed by atoms with van der Waals surface area (Å²) in [7, 11) is 0. The van der Waals surface area contributed by atoms with Crippen LogP contribution in [0.3, 0.4) is 0 Å². The second-order valence-electron chi connectivity index (χ2n) is 2.97. The van der Waals surface area contributed by atoms with E-state index < -0.39 is 5.82 Å². The van der Waals surface area contributed by atoms with Gasteiger partial charge < -0.3 is 4.74 Å². The van der Waals surface area contributed by atoms with Gasteiger partial charge in [-0.1, -0.05) is 25.1 Å². The van der Waals surface area contributed by atoms with Gasteiger partial charge in [0.15, 0.2) is 0 Å². The van der Waals surface area contributed by atoms with Crippen LogP contribution >= 0.6 is 11.6 Å². The number of ether oxygens (including phenoxy) is 1. The van der Waals surface area contributed by atoms with Crippen molar-refractivity contribution in [3.05, 3.63) is 41.2 Å². The van der Waals surface area contributed by atoms with E-state index in [9.17, 15) is 4.39 Å². The number of benzene rings is 1. The molecule has 0 amide bonds. The Hall–Kier alpha value is -1.02. The van der Waals surface area contributed by atoms with Crippen LogP contribution in [0.2, 0.25) is 5.02 Å². The summed E-state index contributed by atoms with van der Waals surface area (Å²) in [6.45, 7) is 6.24. The molecule has 76 valence electrons. The molecule has 3 heteroatoms. The molecule has 1 aromatic carbocycles. The van der Waals surface area contributed by atoms with Crippen LogP contribution in [0.1, 0.15) is 13.3 Å². The summed E-state index contributed by atoms with van der Waals surface area (Å²) < 4.78 is 18.1. The van der Waals surface area contributed by atoms with Gasteiger partial charge in [-0.15, -0.1) is 0 Å². The molecule has 0 saturated carbocycles. The van der Waals surface area contributed by atoms with Crippen LogP contribution < -0.4 is 4.74 Å². The molecule has 0 radical (unpaired) electrons. The predicted molar refractivity (Wildman–Crippen MR) is 56.3 cm³/mol. The maximum atomic E-state index is 12.8. The van der Waals surface area contributed by atoms with Gasteiger partial charge in [0, 0.05) is 6.07 Å². The van der Waals surface area contributed by atoms with E-state index >= 15 is 0 Å². The Kier molecular flexibility index (Phi) is 3.96. The van der Waals surface area contributed by atoms with Crippen molar-refractivity contribution >= 4 is 11.6 Å². The zero-order valence-corrected chi connectivity index (χ0v) is 8.77. The monoisotopic (exact) mass is 214 g/mol. The highest BCUT2D eigenvalue weighted by molar-refractivity contribution is 6.30. The van der Waals surface area contributed by atoms with Crippen LogP contribution in [0.4, 0.5) is 4.39 Å². The van der Waals surface area contributed by atoms with E-state index in [1.807, 2.05) is 6.92 Å². The second-order valence-corrected chi connectivity index (χ2v) is 3.38. The molecule has 0 atom stereocenters. The summed E-state index contributed by atoms with van der Waals surface area (Å²) in [4.78, 5) is 0. The third-order valence-corrected chi connectivity index (χ3v) is 2.12. The first-order valence-electron chi connectivity index (χ1n) is 4.38. The standard InChI is InChI=1S/C11H12ClFO/c1-3-8(2)7-14-9-4-5-11(13)10(12)6-9/h4-6H,2-3,7H2,1H3. The van der Waals surface area contributed by atoms with Gasteiger partial charge in [-0.25, -0.2) is 4.39 Å². The van der Waals surface area contributed by atoms with E-state index in [-0.39, 0.29) is 5.02 Å². The van der Waals surface area contributed by atoms with Crippen LogP contribution in [-0.4, -0.2) is 6.61 Å². The molecule has 0 aliphatic carbocycles. The maximum absolute atomic E-state index is 12.8. The quantitative estimate of drug-likeness (QED) is 0.693. The van der Waals surface area contributed by atoms with Crippen LogP contribution in [0, 0.1) is 5.82 Å². The van der Waals surface area contributed by atoms with Crippen LogP contribution in [0.15, 0.2) is 30.4 Å². The molecule has 0 aliphatic heterocycles. The summed E-state index contributed by atoms with van der Waals surface area (Å²) in [5.41, 5.74) is 0.991. The van der Waals surface area contributed by atoms with Gasteiger partial charge in [-0.2, -0.15) is 0 Å². The van der Waals surface area contributed by atoms with Crippen LogP contribution in [0.25, 0.3) is 0 Å². The Bertz CT molecular complexity index is 336. The summed E-state index contributed by atoms with van der Waals surface area (Å²) in [6, 6.07) is 4.29. The third-order valence-electron chi connectivity index (χ3n) is 1.83. The van der Waals surface area contributed by atoms with E-state index in [2.05, 4.69) is 6.58 Å². The lowest BCUT2D eigenvalue weighted by Crippen LogP contribution is -1.99. The Labute approximate surface area is 88.1 Å². The second kappa shape index (κ2) is 5.01. The number of hydrogen-bond donors (Lipinski definition) is 0. The summed E-state index contributed by atoms with van der Waals surface area (Å²) >= 11 is 5.59. The highest BCUT2D eigenvalue weighted by atomic mass is 35.5. The smallest absolute Gasteiger partial charge is 0.142 e. The minimum atomic E-state index is -0.437. The lowest BCUT2D eigenvalue weighted by Gasteiger charge is -2.07. The topological polar surface area (TPSA) is 9.23 Å². The molecule has 0 aliphatic rings. The molecular formula is C11H12ClFO. The molecule has 0 spiro atoms. The van der Waals surface area contributed by atoms with Crippen molar-refractivity contribution in [1.29, 1.82) is 0 Å². The van der Waals surface area contributed by atoms with Crippen molar-refractivity contribution in [1.82, 2.24) is 0 Å². The number of rotatable bonds is 4. The summed E-state index contributed by atoms with van der Waals surface area (Å²) in [5.74, 6) is 0.124. The molecule has 0 saturated heterocycles. The first-order chi connectivity index (χ1) is 6.63. The van der Waals surface area contributed by atoms with E-state index in [0.29, 0.717) is 12.4 Å². The lowest BCUT2D eigenvalue weighted by molar-refractivity contribution is 0.348. The molecule has 0 fully saturated rings. The van der Waals surface area contributed by atoms with Gasteiger partial charge in [-0.05, 0) is 24.1 Å². The fraction of sp³-hybridized carbons (Fsp3) is 0.273. The molecule has 0 N–H and O–H groups in total. The molecule has 1 aromatic rings. The molecule has 14 heavy (non-hydrogen) atoms. The van der Waals surface area contributed by atoms with Crippen LogP contribution in [0.5, 0.6) is 5.75 Å². The van der Waals surface area contributed by atoms with Crippen molar-refractivity contribution in [3.63, 3.8) is 0 Å². The normalized spacial score (nSPS) is 9.93. The third kappa shape index (κ3) is 3.04. The molecule has 0 aromatic heterocycles. The van der Waals surface area contributed by atoms with E-state index in [1.165, 1.54) is 12.1 Å². The predicted octanol–water partition coefficient (Wildman–Crippen LogP) is 3.82. The molecule has 0 heterocycles. The summed E-state index contributed by atoms with van der Waals surface area (Å²) in [5, 5.41) is 0.0737. The zero-order chi connectivity index (χ0) is 10.6. The Morgan fingerprint density at radius 2 is 2.29 bits per heavy atom. The Balaban J connectivity index is 2.60. The zero-order valence-electron chi connectivity index (χ0n) is 8.02. The fourth-order valence-corrected chi connectivity index (χ4v) is 1.02. The largest absolute Gasteiger partial charge is 0.489 e. The average Bonchev–Trinajstić information content (AvgIpc) is 2.19. The molecule has 1 rings (SSSR count). The first kappa shape index (κ1) is 11.1. The van der Waals surface area contributed by atoms with E-state index in [4.69, 9.17) is 16.3 Å². The van der Waals surface area contributed by atoms with Crippen molar-refractivity contribution < 1.29 is 9.13 Å².